The molecule has 2 fully saturated rings. The number of rotatable bonds is 10. The van der Waals surface area contributed by atoms with Gasteiger partial charge in [0.15, 0.2) is 0 Å². The van der Waals surface area contributed by atoms with Crippen LogP contribution in [0.4, 0.5) is 22.4 Å². The number of pyridine rings is 1. The summed E-state index contributed by atoms with van der Waals surface area (Å²) in [5.74, 6) is -4.18. The van der Waals surface area contributed by atoms with E-state index in [0.717, 1.165) is 35.3 Å². The van der Waals surface area contributed by atoms with Gasteiger partial charge < -0.3 is 25.0 Å². The number of alkyl halides is 3. The molecule has 2 aromatic rings. The predicted molar refractivity (Wildman–Crippen MR) is 180 cm³/mol. The van der Waals surface area contributed by atoms with Gasteiger partial charge in [-0.2, -0.15) is 13.2 Å². The third-order valence-electron chi connectivity index (χ3n) is 7.92. The molecule has 1 aliphatic heterocycles. The van der Waals surface area contributed by atoms with E-state index in [4.69, 9.17) is 9.47 Å². The second-order valence-corrected chi connectivity index (χ2v) is 16.5. The van der Waals surface area contributed by atoms with Gasteiger partial charge in [-0.25, -0.2) is 27.3 Å². The smallest absolute Gasteiger partial charge is 0.433 e. The molecule has 13 nitrogen and oxygen atoms in total. The molecule has 4 amide bonds. The van der Waals surface area contributed by atoms with Gasteiger partial charge in [0.1, 0.15) is 46.7 Å². The number of nitrogens with zero attached hydrogens (tertiary/aromatic N) is 2. The molecule has 284 valence electrons. The number of hydrogen-bond donors (Lipinski definition) is 3. The van der Waals surface area contributed by atoms with E-state index in [0.29, 0.717) is 18.9 Å². The summed E-state index contributed by atoms with van der Waals surface area (Å²) in [6, 6.07) is 0.696. The molecule has 1 aromatic carbocycles. The average molecular weight is 756 g/mol. The summed E-state index contributed by atoms with van der Waals surface area (Å²) in [6.07, 6.45) is -4.52. The molecule has 3 atom stereocenters. The van der Waals surface area contributed by atoms with Gasteiger partial charge >= 0.3 is 12.3 Å². The number of alkyl carbamates (subject to hydrolysis) is 1. The van der Waals surface area contributed by atoms with Gasteiger partial charge in [0.2, 0.25) is 21.8 Å². The Balaban J connectivity index is 1.71. The minimum Gasteiger partial charge on any atom is -0.488 e. The van der Waals surface area contributed by atoms with E-state index < -0.39 is 104 Å². The number of ether oxygens (including phenoxy) is 2. The second-order valence-electron chi connectivity index (χ2n) is 14.6. The number of allylic oxidation sites excluding steroid dienone is 2. The van der Waals surface area contributed by atoms with Crippen molar-refractivity contribution in [2.24, 2.45) is 5.41 Å². The zero-order valence-corrected chi connectivity index (χ0v) is 30.2. The van der Waals surface area contributed by atoms with Crippen LogP contribution in [0.2, 0.25) is 0 Å². The van der Waals surface area contributed by atoms with E-state index in [2.05, 4.69) is 22.2 Å². The molecule has 1 saturated carbocycles. The lowest BCUT2D eigenvalue weighted by atomic mass is 9.85. The van der Waals surface area contributed by atoms with Crippen LogP contribution in [0.5, 0.6) is 5.75 Å². The number of sulfonamides is 1. The Morgan fingerprint density at radius 3 is 2.27 bits per heavy atom. The SMILES string of the molecule is C=C/C=C(/NC(=O)[C@@H]1C[C@@H](Oc2cc(C(F)(F)F)nc3ccc(F)cc23)CN1C(=O)[C@@H](NC(=O)OC(C)(C)C)C(C)(C)C)C(=O)NS(=O)(=O)C1CC1. The first-order chi connectivity index (χ1) is 23.9. The fraction of sp³-hybridized carbons (Fsp3) is 0.500. The van der Waals surface area contributed by atoms with Crippen LogP contribution in [0, 0.1) is 11.2 Å². The highest BCUT2D eigenvalue weighted by atomic mass is 32.2. The van der Waals surface area contributed by atoms with Gasteiger partial charge in [-0.15, -0.1) is 0 Å². The molecular formula is C34H41F4N5O8S. The van der Waals surface area contributed by atoms with Gasteiger partial charge in [0, 0.05) is 17.9 Å². The normalized spacial score (nSPS) is 19.1. The molecule has 4 rings (SSSR count). The van der Waals surface area contributed by atoms with Crippen LogP contribution in [-0.2, 0) is 35.3 Å². The number of amides is 4. The average Bonchev–Trinajstić information content (AvgIpc) is 3.78. The number of nitrogens with one attached hydrogen (secondary N) is 3. The van der Waals surface area contributed by atoms with Crippen molar-refractivity contribution in [1.29, 1.82) is 0 Å². The number of benzene rings is 1. The Morgan fingerprint density at radius 2 is 1.71 bits per heavy atom. The first-order valence-corrected chi connectivity index (χ1v) is 17.8. The summed E-state index contributed by atoms with van der Waals surface area (Å²) < 4.78 is 93.8. The van der Waals surface area contributed by atoms with E-state index in [-0.39, 0.29) is 17.3 Å². The Kier molecular flexibility index (Phi) is 11.3. The van der Waals surface area contributed by atoms with Crippen LogP contribution in [0.15, 0.2) is 48.7 Å². The lowest BCUT2D eigenvalue weighted by molar-refractivity contribution is -0.142. The third-order valence-corrected chi connectivity index (χ3v) is 9.74. The van der Waals surface area contributed by atoms with Crippen LogP contribution in [0.1, 0.15) is 66.5 Å². The lowest BCUT2D eigenvalue weighted by Gasteiger charge is -2.35. The van der Waals surface area contributed by atoms with Crippen molar-refractivity contribution in [3.63, 3.8) is 0 Å². The van der Waals surface area contributed by atoms with Crippen molar-refractivity contribution in [2.45, 2.75) is 96.0 Å². The second kappa shape index (κ2) is 14.7. The van der Waals surface area contributed by atoms with Gasteiger partial charge in [-0.1, -0.05) is 33.4 Å². The number of hydrogen-bond acceptors (Lipinski definition) is 9. The molecule has 2 aliphatic rings. The fourth-order valence-electron chi connectivity index (χ4n) is 5.36. The van der Waals surface area contributed by atoms with E-state index in [9.17, 15) is 45.2 Å². The summed E-state index contributed by atoms with van der Waals surface area (Å²) in [7, 11) is -4.03. The molecule has 52 heavy (non-hydrogen) atoms. The number of carbonyl (C=O) groups excluding carboxylic acids is 4. The molecule has 0 bridgehead atoms. The van der Waals surface area contributed by atoms with Crippen molar-refractivity contribution in [3.05, 3.63) is 60.2 Å². The quantitative estimate of drug-likeness (QED) is 0.180. The monoisotopic (exact) mass is 755 g/mol. The van der Waals surface area contributed by atoms with Crippen molar-refractivity contribution >= 4 is 44.7 Å². The van der Waals surface area contributed by atoms with E-state index in [1.165, 1.54) is 0 Å². The van der Waals surface area contributed by atoms with Crippen LogP contribution >= 0.6 is 0 Å². The van der Waals surface area contributed by atoms with Gasteiger partial charge in [-0.05, 0) is 63.3 Å². The highest BCUT2D eigenvalue weighted by Crippen LogP contribution is 2.37. The van der Waals surface area contributed by atoms with Gasteiger partial charge in [0.05, 0.1) is 17.3 Å². The Hall–Kier alpha value is -4.74. The van der Waals surface area contributed by atoms with Crippen LogP contribution in [0.3, 0.4) is 0 Å². The molecule has 0 radical (unpaired) electrons. The Labute approximate surface area is 298 Å². The summed E-state index contributed by atoms with van der Waals surface area (Å²) in [5, 5.41) is 3.99. The van der Waals surface area contributed by atoms with Crippen molar-refractivity contribution < 1.29 is 54.6 Å². The zero-order chi connectivity index (χ0) is 39.0. The Morgan fingerprint density at radius 1 is 1.06 bits per heavy atom. The molecular weight excluding hydrogens is 714 g/mol. The summed E-state index contributed by atoms with van der Waals surface area (Å²) in [4.78, 5) is 58.6. The van der Waals surface area contributed by atoms with Gasteiger partial charge in [-0.3, -0.25) is 14.4 Å². The van der Waals surface area contributed by atoms with E-state index in [1.54, 1.807) is 41.5 Å². The molecule has 3 N–H and O–H groups in total. The van der Waals surface area contributed by atoms with Gasteiger partial charge in [0.25, 0.3) is 5.91 Å². The third kappa shape index (κ3) is 9.98. The Bertz CT molecular complexity index is 1900. The molecule has 0 unspecified atom stereocenters. The molecule has 0 spiro atoms. The largest absolute Gasteiger partial charge is 0.488 e. The molecule has 18 heteroatoms. The molecule has 1 saturated heterocycles. The summed E-state index contributed by atoms with van der Waals surface area (Å²) in [6.45, 7) is 12.8. The first-order valence-electron chi connectivity index (χ1n) is 16.2. The maximum Gasteiger partial charge on any atom is 0.433 e. The van der Waals surface area contributed by atoms with E-state index >= 15 is 0 Å². The molecule has 2 heterocycles. The minimum atomic E-state index is -4.91. The first kappa shape index (κ1) is 40.0. The van der Waals surface area contributed by atoms with Crippen molar-refractivity contribution in [1.82, 2.24) is 25.2 Å². The number of carbonyl (C=O) groups is 4. The topological polar surface area (TPSA) is 173 Å². The van der Waals surface area contributed by atoms with E-state index in [1.807, 2.05) is 4.72 Å². The summed E-state index contributed by atoms with van der Waals surface area (Å²) >= 11 is 0. The van der Waals surface area contributed by atoms with Crippen LogP contribution in [-0.4, -0.2) is 77.7 Å². The maximum absolute atomic E-state index is 14.3. The number of halogens is 4. The molecule has 1 aromatic heterocycles. The summed E-state index contributed by atoms with van der Waals surface area (Å²) in [5.41, 5.74) is -4.01. The highest BCUT2D eigenvalue weighted by Gasteiger charge is 2.47. The predicted octanol–water partition coefficient (Wildman–Crippen LogP) is 4.47. The van der Waals surface area contributed by atoms with Crippen molar-refractivity contribution in [3.8, 4) is 5.75 Å². The van der Waals surface area contributed by atoms with Crippen LogP contribution in [0.25, 0.3) is 10.9 Å². The minimum absolute atomic E-state index is 0.109. The number of likely N-dealkylation sites (tertiary alicyclic amines) is 1. The maximum atomic E-state index is 14.3. The number of fused-ring (bicyclic) bond motifs is 1. The zero-order valence-electron chi connectivity index (χ0n) is 29.4. The molecule has 1 aliphatic carbocycles. The van der Waals surface area contributed by atoms with Crippen LogP contribution < -0.4 is 20.1 Å². The number of aromatic nitrogens is 1. The van der Waals surface area contributed by atoms with Crippen molar-refractivity contribution in [2.75, 3.05) is 6.54 Å². The fourth-order valence-corrected chi connectivity index (χ4v) is 6.65. The standard InChI is InChI=1S/C34H41F4N5O8S/c1-8-9-23(28(44)42-52(48,49)20-11-12-20)40-29(45)24-15-19(17-43(24)30(46)27(32(2,3)4)41-31(47)51-33(5,6)7)50-25-16-26(34(36,37)38)39-22-13-10-18(35)14-21(22)25/h8-10,13-14,16,19-20,24,27H,1,11-12,15,17H2,2-7H3,(H,40,45)(H,41,47)(H,42,44)/b23-9+/t19-,24+,27-/m1/s1. The lowest BCUT2D eigenvalue weighted by Crippen LogP contribution is -2.58. The highest BCUT2D eigenvalue weighted by molar-refractivity contribution is 7.91.